The minimum absolute atomic E-state index is 0.00370. The molecule has 0 heterocycles. The van der Waals surface area contributed by atoms with Gasteiger partial charge in [0.25, 0.3) is 0 Å². The lowest BCUT2D eigenvalue weighted by molar-refractivity contribution is 0.0926. The van der Waals surface area contributed by atoms with Crippen LogP contribution in [0.2, 0.25) is 0 Å². The molecule has 0 radical (unpaired) electrons. The molecule has 1 aromatic carbocycles. The standard InChI is InChI=1S/C12H14O3/c1-7(2)12(15)11-6-9(14)4-5-10(11)8(3)13/h4-7,14H,1-3H3. The van der Waals surface area contributed by atoms with Crippen molar-refractivity contribution in [3.63, 3.8) is 0 Å². The van der Waals surface area contributed by atoms with Gasteiger partial charge < -0.3 is 5.11 Å². The van der Waals surface area contributed by atoms with E-state index in [1.54, 1.807) is 13.8 Å². The maximum absolute atomic E-state index is 11.8. The predicted molar refractivity (Wildman–Crippen MR) is 57.3 cm³/mol. The number of Topliss-reactive ketones (excluding diaryl/α,β-unsaturated/α-hetero) is 2. The van der Waals surface area contributed by atoms with E-state index in [4.69, 9.17) is 0 Å². The molecule has 0 aliphatic carbocycles. The zero-order valence-electron chi connectivity index (χ0n) is 9.07. The van der Waals surface area contributed by atoms with Gasteiger partial charge in [0.1, 0.15) is 5.75 Å². The van der Waals surface area contributed by atoms with Crippen LogP contribution < -0.4 is 0 Å². The summed E-state index contributed by atoms with van der Waals surface area (Å²) in [7, 11) is 0. The Balaban J connectivity index is 3.30. The minimum Gasteiger partial charge on any atom is -0.508 e. The van der Waals surface area contributed by atoms with Gasteiger partial charge in [-0.05, 0) is 25.1 Å². The largest absolute Gasteiger partial charge is 0.508 e. The number of aromatic hydroxyl groups is 1. The molecule has 0 spiro atoms. The third kappa shape index (κ3) is 2.43. The third-order valence-corrected chi connectivity index (χ3v) is 2.17. The molecule has 1 rings (SSSR count). The quantitative estimate of drug-likeness (QED) is 0.773. The lowest BCUT2D eigenvalue weighted by atomic mass is 9.94. The molecule has 3 heteroatoms. The van der Waals surface area contributed by atoms with Gasteiger partial charge in [-0.15, -0.1) is 0 Å². The molecule has 0 aliphatic rings. The van der Waals surface area contributed by atoms with Crippen LogP contribution in [-0.2, 0) is 0 Å². The van der Waals surface area contributed by atoms with Gasteiger partial charge in [0.15, 0.2) is 11.6 Å². The minimum atomic E-state index is -0.190. The Morgan fingerprint density at radius 1 is 1.20 bits per heavy atom. The van der Waals surface area contributed by atoms with E-state index in [0.29, 0.717) is 11.1 Å². The molecule has 0 unspecified atom stereocenters. The van der Waals surface area contributed by atoms with Crippen molar-refractivity contribution in [2.24, 2.45) is 5.92 Å². The molecule has 15 heavy (non-hydrogen) atoms. The van der Waals surface area contributed by atoms with Crippen LogP contribution in [0.3, 0.4) is 0 Å². The van der Waals surface area contributed by atoms with E-state index in [1.165, 1.54) is 25.1 Å². The summed E-state index contributed by atoms with van der Waals surface area (Å²) in [5, 5.41) is 9.29. The molecule has 0 bridgehead atoms. The fraction of sp³-hybridized carbons (Fsp3) is 0.333. The van der Waals surface area contributed by atoms with Gasteiger partial charge in [0, 0.05) is 17.0 Å². The Hall–Kier alpha value is -1.64. The number of carbonyl (C=O) groups excluding carboxylic acids is 2. The average molecular weight is 206 g/mol. The van der Waals surface area contributed by atoms with Crippen molar-refractivity contribution >= 4 is 11.6 Å². The van der Waals surface area contributed by atoms with Gasteiger partial charge in [-0.2, -0.15) is 0 Å². The highest BCUT2D eigenvalue weighted by atomic mass is 16.3. The number of benzene rings is 1. The van der Waals surface area contributed by atoms with Crippen molar-refractivity contribution in [3.8, 4) is 5.75 Å². The fourth-order valence-corrected chi connectivity index (χ4v) is 1.35. The lowest BCUT2D eigenvalue weighted by Gasteiger charge is -2.08. The van der Waals surface area contributed by atoms with Crippen LogP contribution in [-0.4, -0.2) is 16.7 Å². The number of phenols is 1. The molecule has 0 amide bonds. The second-order valence-corrected chi connectivity index (χ2v) is 3.81. The first-order valence-corrected chi connectivity index (χ1v) is 4.81. The number of rotatable bonds is 3. The second kappa shape index (κ2) is 4.26. The molecular weight excluding hydrogens is 192 g/mol. The highest BCUT2D eigenvalue weighted by Gasteiger charge is 2.17. The first-order chi connectivity index (χ1) is 6.93. The summed E-state index contributed by atoms with van der Waals surface area (Å²) in [5.41, 5.74) is 0.670. The molecule has 1 N–H and O–H groups in total. The van der Waals surface area contributed by atoms with Crippen LogP contribution in [0.1, 0.15) is 41.5 Å². The van der Waals surface area contributed by atoms with Crippen LogP contribution in [0, 0.1) is 5.92 Å². The molecule has 0 aromatic heterocycles. The molecule has 0 saturated heterocycles. The number of phenolic OH excluding ortho intramolecular Hbond substituents is 1. The highest BCUT2D eigenvalue weighted by Crippen LogP contribution is 2.20. The van der Waals surface area contributed by atoms with Gasteiger partial charge in [0.2, 0.25) is 0 Å². The van der Waals surface area contributed by atoms with E-state index >= 15 is 0 Å². The summed E-state index contributed by atoms with van der Waals surface area (Å²) in [6.07, 6.45) is 0. The zero-order valence-corrected chi connectivity index (χ0v) is 9.07. The zero-order chi connectivity index (χ0) is 11.6. The maximum atomic E-state index is 11.8. The van der Waals surface area contributed by atoms with Gasteiger partial charge in [-0.25, -0.2) is 0 Å². The van der Waals surface area contributed by atoms with Crippen LogP contribution >= 0.6 is 0 Å². The van der Waals surface area contributed by atoms with Crippen molar-refractivity contribution < 1.29 is 14.7 Å². The Kier molecular flexibility index (Phi) is 3.24. The second-order valence-electron chi connectivity index (χ2n) is 3.81. The Morgan fingerprint density at radius 2 is 1.80 bits per heavy atom. The van der Waals surface area contributed by atoms with Crippen LogP contribution in [0.5, 0.6) is 5.75 Å². The molecule has 0 aliphatic heterocycles. The van der Waals surface area contributed by atoms with Gasteiger partial charge in [-0.1, -0.05) is 13.8 Å². The first-order valence-electron chi connectivity index (χ1n) is 4.81. The van der Waals surface area contributed by atoms with E-state index in [1.807, 2.05) is 0 Å². The van der Waals surface area contributed by atoms with E-state index < -0.39 is 0 Å². The van der Waals surface area contributed by atoms with Gasteiger partial charge >= 0.3 is 0 Å². The van der Waals surface area contributed by atoms with Crippen molar-refractivity contribution in [2.75, 3.05) is 0 Å². The molecular formula is C12H14O3. The smallest absolute Gasteiger partial charge is 0.166 e. The van der Waals surface area contributed by atoms with Crippen LogP contribution in [0.4, 0.5) is 0 Å². The summed E-state index contributed by atoms with van der Waals surface area (Å²) in [5.74, 6) is -0.482. The first kappa shape index (κ1) is 11.4. The molecule has 3 nitrogen and oxygen atoms in total. The third-order valence-electron chi connectivity index (χ3n) is 2.17. The molecule has 0 atom stereocenters. The molecule has 1 aromatic rings. The number of hydrogen-bond acceptors (Lipinski definition) is 3. The van der Waals surface area contributed by atoms with Crippen molar-refractivity contribution in [2.45, 2.75) is 20.8 Å². The summed E-state index contributed by atoms with van der Waals surface area (Å²) in [4.78, 5) is 23.0. The van der Waals surface area contributed by atoms with Gasteiger partial charge in [-0.3, -0.25) is 9.59 Å². The predicted octanol–water partition coefficient (Wildman–Crippen LogP) is 2.43. The summed E-state index contributed by atoms with van der Waals surface area (Å²) in [6, 6.07) is 4.24. The summed E-state index contributed by atoms with van der Waals surface area (Å²) < 4.78 is 0. The molecule has 0 fully saturated rings. The lowest BCUT2D eigenvalue weighted by Crippen LogP contribution is -2.12. The highest BCUT2D eigenvalue weighted by molar-refractivity contribution is 6.08. The van der Waals surface area contributed by atoms with E-state index in [0.717, 1.165) is 0 Å². The summed E-state index contributed by atoms with van der Waals surface area (Å²) in [6.45, 7) is 4.93. The topological polar surface area (TPSA) is 54.4 Å². The Labute approximate surface area is 88.7 Å². The molecule has 80 valence electrons. The van der Waals surface area contributed by atoms with E-state index in [9.17, 15) is 14.7 Å². The van der Waals surface area contributed by atoms with Crippen molar-refractivity contribution in [3.05, 3.63) is 29.3 Å². The average Bonchev–Trinajstić information content (AvgIpc) is 2.15. The van der Waals surface area contributed by atoms with Crippen LogP contribution in [0.15, 0.2) is 18.2 Å². The monoisotopic (exact) mass is 206 g/mol. The number of ketones is 2. The van der Waals surface area contributed by atoms with E-state index in [2.05, 4.69) is 0 Å². The number of hydrogen-bond donors (Lipinski definition) is 1. The van der Waals surface area contributed by atoms with E-state index in [-0.39, 0.29) is 23.2 Å². The SMILES string of the molecule is CC(=O)c1ccc(O)cc1C(=O)C(C)C. The normalized spacial score (nSPS) is 10.4. The summed E-state index contributed by atoms with van der Waals surface area (Å²) >= 11 is 0. The Bertz CT molecular complexity index is 405. The molecule has 0 saturated carbocycles. The number of carbonyl (C=O) groups is 2. The fourth-order valence-electron chi connectivity index (χ4n) is 1.35. The van der Waals surface area contributed by atoms with Crippen LogP contribution in [0.25, 0.3) is 0 Å². The van der Waals surface area contributed by atoms with Gasteiger partial charge in [0.05, 0.1) is 0 Å². The Morgan fingerprint density at radius 3 is 2.27 bits per heavy atom. The maximum Gasteiger partial charge on any atom is 0.166 e. The van der Waals surface area contributed by atoms with Crippen molar-refractivity contribution in [1.29, 1.82) is 0 Å². The van der Waals surface area contributed by atoms with Crippen molar-refractivity contribution in [1.82, 2.24) is 0 Å².